The molecule has 5 heteroatoms. The summed E-state index contributed by atoms with van der Waals surface area (Å²) in [5.41, 5.74) is -1.47. The maximum absolute atomic E-state index is 11.9. The van der Waals surface area contributed by atoms with Crippen molar-refractivity contribution in [2.45, 2.75) is 34.1 Å². The van der Waals surface area contributed by atoms with Crippen LogP contribution in [-0.2, 0) is 23.8 Å². The zero-order valence-electron chi connectivity index (χ0n) is 12.2. The van der Waals surface area contributed by atoms with Crippen molar-refractivity contribution in [1.82, 2.24) is 0 Å². The predicted molar refractivity (Wildman–Crippen MR) is 67.0 cm³/mol. The van der Waals surface area contributed by atoms with Gasteiger partial charge in [0.05, 0.1) is 24.5 Å². The normalized spacial score (nSPS) is 12.1. The lowest BCUT2D eigenvalue weighted by Gasteiger charge is -2.31. The summed E-state index contributed by atoms with van der Waals surface area (Å²) in [6.07, 6.45) is 0.360. The number of rotatable bonds is 7. The van der Waals surface area contributed by atoms with Crippen molar-refractivity contribution in [2.75, 3.05) is 27.4 Å². The average Bonchev–Trinajstić information content (AvgIpc) is 2.26. The maximum atomic E-state index is 11.9. The summed E-state index contributed by atoms with van der Waals surface area (Å²) in [7, 11) is 2.88. The Hall–Kier alpha value is -1.10. The van der Waals surface area contributed by atoms with Gasteiger partial charge in [0, 0.05) is 7.11 Å². The fourth-order valence-corrected chi connectivity index (χ4v) is 1.94. The van der Waals surface area contributed by atoms with Crippen molar-refractivity contribution >= 4 is 11.9 Å². The van der Waals surface area contributed by atoms with Gasteiger partial charge in [-0.3, -0.25) is 9.59 Å². The van der Waals surface area contributed by atoms with Crippen LogP contribution < -0.4 is 0 Å². The van der Waals surface area contributed by atoms with E-state index in [1.165, 1.54) is 7.11 Å². The number of hydrogen-bond acceptors (Lipinski definition) is 5. The molecular formula is C13H24O5. The van der Waals surface area contributed by atoms with Gasteiger partial charge in [-0.15, -0.1) is 0 Å². The molecule has 0 aromatic rings. The van der Waals surface area contributed by atoms with Crippen molar-refractivity contribution < 1.29 is 23.8 Å². The lowest BCUT2D eigenvalue weighted by molar-refractivity contribution is -0.161. The zero-order valence-corrected chi connectivity index (χ0v) is 12.2. The number of esters is 2. The van der Waals surface area contributed by atoms with Crippen LogP contribution in [0.4, 0.5) is 0 Å². The Bertz CT molecular complexity index is 294. The van der Waals surface area contributed by atoms with E-state index in [4.69, 9.17) is 14.2 Å². The summed E-state index contributed by atoms with van der Waals surface area (Å²) in [4.78, 5) is 23.5. The third-order valence-corrected chi connectivity index (χ3v) is 2.70. The van der Waals surface area contributed by atoms with Crippen molar-refractivity contribution in [1.29, 1.82) is 0 Å². The topological polar surface area (TPSA) is 61.8 Å². The second-order valence-electron chi connectivity index (χ2n) is 5.56. The van der Waals surface area contributed by atoms with Crippen molar-refractivity contribution in [2.24, 2.45) is 10.8 Å². The fraction of sp³-hybridized carbons (Fsp3) is 0.846. The molecular weight excluding hydrogens is 236 g/mol. The van der Waals surface area contributed by atoms with E-state index in [1.54, 1.807) is 34.8 Å². The van der Waals surface area contributed by atoms with Crippen molar-refractivity contribution in [3.05, 3.63) is 0 Å². The van der Waals surface area contributed by atoms with Gasteiger partial charge in [-0.2, -0.15) is 0 Å². The first-order chi connectivity index (χ1) is 8.17. The maximum Gasteiger partial charge on any atom is 0.311 e. The molecule has 0 N–H and O–H groups in total. The van der Waals surface area contributed by atoms with Gasteiger partial charge in [0.15, 0.2) is 0 Å². The first-order valence-corrected chi connectivity index (χ1v) is 5.92. The zero-order chi connectivity index (χ0) is 14.4. The van der Waals surface area contributed by atoms with E-state index in [9.17, 15) is 9.59 Å². The molecule has 0 aliphatic rings. The highest BCUT2D eigenvalue weighted by Crippen LogP contribution is 2.35. The molecule has 0 amide bonds. The van der Waals surface area contributed by atoms with E-state index in [1.807, 2.05) is 0 Å². The van der Waals surface area contributed by atoms with Gasteiger partial charge < -0.3 is 14.2 Å². The molecule has 0 saturated carbocycles. The summed E-state index contributed by atoms with van der Waals surface area (Å²) >= 11 is 0. The van der Waals surface area contributed by atoms with Crippen molar-refractivity contribution in [3.63, 3.8) is 0 Å². The molecule has 0 aliphatic heterocycles. The Kier molecular flexibility index (Phi) is 6.32. The minimum Gasteiger partial charge on any atom is -0.469 e. The van der Waals surface area contributed by atoms with Crippen LogP contribution in [-0.4, -0.2) is 39.4 Å². The molecule has 0 heterocycles. The number of carbonyl (C=O) groups is 2. The fourth-order valence-electron chi connectivity index (χ4n) is 1.94. The highest BCUT2D eigenvalue weighted by Gasteiger charge is 2.40. The largest absolute Gasteiger partial charge is 0.469 e. The first-order valence-electron chi connectivity index (χ1n) is 5.92. The number of carbonyl (C=O) groups excluding carboxylic acids is 2. The highest BCUT2D eigenvalue weighted by atomic mass is 16.6. The Morgan fingerprint density at radius 2 is 1.39 bits per heavy atom. The van der Waals surface area contributed by atoms with Crippen LogP contribution in [0.15, 0.2) is 0 Å². The second-order valence-corrected chi connectivity index (χ2v) is 5.56. The Morgan fingerprint density at radius 1 is 0.889 bits per heavy atom. The second kappa shape index (κ2) is 6.73. The summed E-state index contributed by atoms with van der Waals surface area (Å²) < 4.78 is 14.6. The first kappa shape index (κ1) is 16.9. The van der Waals surface area contributed by atoms with E-state index in [0.29, 0.717) is 13.0 Å². The summed E-state index contributed by atoms with van der Waals surface area (Å²) in [5, 5.41) is 0. The molecule has 0 spiro atoms. The molecule has 0 aromatic heterocycles. The molecule has 5 nitrogen and oxygen atoms in total. The molecule has 0 saturated heterocycles. The molecule has 0 radical (unpaired) electrons. The van der Waals surface area contributed by atoms with Crippen LogP contribution in [0.2, 0.25) is 0 Å². The van der Waals surface area contributed by atoms with E-state index in [-0.39, 0.29) is 18.5 Å². The van der Waals surface area contributed by atoms with E-state index < -0.39 is 10.8 Å². The highest BCUT2D eigenvalue weighted by molar-refractivity contribution is 5.80. The Balaban J connectivity index is 4.54. The van der Waals surface area contributed by atoms with E-state index in [0.717, 1.165) is 0 Å². The van der Waals surface area contributed by atoms with Crippen LogP contribution >= 0.6 is 0 Å². The molecule has 0 fully saturated rings. The molecule has 0 aliphatic carbocycles. The molecule has 0 unspecified atom stereocenters. The SMILES string of the molecule is COCCOC(=O)C(C)(C)CC(C)(C)C(=O)OC. The van der Waals surface area contributed by atoms with Crippen molar-refractivity contribution in [3.8, 4) is 0 Å². The van der Waals surface area contributed by atoms with Gasteiger partial charge in [0.25, 0.3) is 0 Å². The van der Waals surface area contributed by atoms with Gasteiger partial charge in [0.1, 0.15) is 6.61 Å². The van der Waals surface area contributed by atoms with Crippen LogP contribution in [0.5, 0.6) is 0 Å². The third kappa shape index (κ3) is 5.04. The quantitative estimate of drug-likeness (QED) is 0.516. The minimum atomic E-state index is -0.745. The Morgan fingerprint density at radius 3 is 1.83 bits per heavy atom. The number of hydrogen-bond donors (Lipinski definition) is 0. The number of ether oxygens (including phenoxy) is 3. The number of methoxy groups -OCH3 is 2. The van der Waals surface area contributed by atoms with E-state index >= 15 is 0 Å². The van der Waals surface area contributed by atoms with Gasteiger partial charge >= 0.3 is 11.9 Å². The van der Waals surface area contributed by atoms with E-state index in [2.05, 4.69) is 0 Å². The molecule has 0 atom stereocenters. The molecule has 0 rings (SSSR count). The lowest BCUT2D eigenvalue weighted by Crippen LogP contribution is -2.37. The Labute approximate surface area is 109 Å². The van der Waals surface area contributed by atoms with Gasteiger partial charge in [-0.1, -0.05) is 0 Å². The smallest absolute Gasteiger partial charge is 0.311 e. The van der Waals surface area contributed by atoms with Crippen LogP contribution in [0.3, 0.4) is 0 Å². The summed E-state index contributed by atoms with van der Waals surface area (Å²) in [5.74, 6) is -0.670. The molecule has 0 aromatic carbocycles. The average molecular weight is 260 g/mol. The molecule has 106 valence electrons. The van der Waals surface area contributed by atoms with Crippen LogP contribution in [0, 0.1) is 10.8 Å². The molecule has 0 bridgehead atoms. The molecule has 18 heavy (non-hydrogen) atoms. The lowest BCUT2D eigenvalue weighted by atomic mass is 9.75. The summed E-state index contributed by atoms with van der Waals surface area (Å²) in [6, 6.07) is 0. The standard InChI is InChI=1S/C13H24O5/c1-12(2,10(14)17-6)9-13(3,4)11(15)18-8-7-16-5/h7-9H2,1-6H3. The summed E-state index contributed by atoms with van der Waals surface area (Å²) in [6.45, 7) is 7.60. The van der Waals surface area contributed by atoms with Gasteiger partial charge in [0.2, 0.25) is 0 Å². The monoisotopic (exact) mass is 260 g/mol. The van der Waals surface area contributed by atoms with Gasteiger partial charge in [-0.05, 0) is 34.1 Å². The van der Waals surface area contributed by atoms with Crippen LogP contribution in [0.25, 0.3) is 0 Å². The minimum absolute atomic E-state index is 0.220. The van der Waals surface area contributed by atoms with Crippen LogP contribution in [0.1, 0.15) is 34.1 Å². The van der Waals surface area contributed by atoms with Gasteiger partial charge in [-0.25, -0.2) is 0 Å². The third-order valence-electron chi connectivity index (χ3n) is 2.70. The predicted octanol–water partition coefficient (Wildman–Crippen LogP) is 1.79.